The van der Waals surface area contributed by atoms with Gasteiger partial charge in [-0.05, 0) is 31.9 Å². The number of halogens is 1. The third-order valence-electron chi connectivity index (χ3n) is 4.09. The fourth-order valence-electron chi connectivity index (χ4n) is 2.94. The van der Waals surface area contributed by atoms with Crippen LogP contribution in [-0.4, -0.2) is 42.9 Å². The van der Waals surface area contributed by atoms with E-state index < -0.39 is 5.79 Å². The normalized spacial score (nSPS) is 25.9. The van der Waals surface area contributed by atoms with Crippen LogP contribution >= 0.6 is 22.9 Å². The number of carbonyl (C=O) groups excluding carboxylic acids is 1. The summed E-state index contributed by atoms with van der Waals surface area (Å²) in [5.41, 5.74) is 0. The SMILES string of the molecule is CC1(C2CCCN(C(=O)c3ccc(Cl)s3)C2)OCCO1. The molecular formula is C14H18ClNO3S. The van der Waals surface area contributed by atoms with Crippen molar-refractivity contribution in [2.45, 2.75) is 25.6 Å². The molecule has 0 aliphatic carbocycles. The van der Waals surface area contributed by atoms with Crippen LogP contribution < -0.4 is 0 Å². The summed E-state index contributed by atoms with van der Waals surface area (Å²) in [5.74, 6) is -0.238. The quantitative estimate of drug-likeness (QED) is 0.842. The van der Waals surface area contributed by atoms with Gasteiger partial charge in [-0.3, -0.25) is 4.79 Å². The molecule has 0 N–H and O–H groups in total. The van der Waals surface area contributed by atoms with Gasteiger partial charge in [-0.1, -0.05) is 11.6 Å². The molecule has 2 aliphatic rings. The first-order valence-electron chi connectivity index (χ1n) is 6.91. The molecule has 0 aromatic carbocycles. The predicted octanol–water partition coefficient (Wildman–Crippen LogP) is 3.02. The third kappa shape index (κ3) is 2.72. The zero-order valence-corrected chi connectivity index (χ0v) is 13.0. The van der Waals surface area contributed by atoms with Crippen LogP contribution in [0.4, 0.5) is 0 Å². The Balaban J connectivity index is 1.70. The van der Waals surface area contributed by atoms with Crippen LogP contribution in [0.5, 0.6) is 0 Å². The lowest BCUT2D eigenvalue weighted by molar-refractivity contribution is -0.189. The van der Waals surface area contributed by atoms with Crippen LogP contribution in [-0.2, 0) is 9.47 Å². The number of hydrogen-bond acceptors (Lipinski definition) is 4. The molecule has 20 heavy (non-hydrogen) atoms. The highest BCUT2D eigenvalue weighted by Crippen LogP contribution is 2.35. The second-order valence-electron chi connectivity index (χ2n) is 5.41. The average Bonchev–Trinajstić information content (AvgIpc) is 3.08. The fourth-order valence-corrected chi connectivity index (χ4v) is 3.95. The van der Waals surface area contributed by atoms with Crippen LogP contribution in [0.1, 0.15) is 29.4 Å². The number of nitrogens with zero attached hydrogens (tertiary/aromatic N) is 1. The first kappa shape index (κ1) is 14.3. The summed E-state index contributed by atoms with van der Waals surface area (Å²) in [4.78, 5) is 15.1. The van der Waals surface area contributed by atoms with Gasteiger partial charge in [0.1, 0.15) is 0 Å². The molecule has 0 saturated carbocycles. The van der Waals surface area contributed by atoms with Crippen molar-refractivity contribution >= 4 is 28.8 Å². The van der Waals surface area contributed by atoms with E-state index >= 15 is 0 Å². The Bertz CT molecular complexity index is 498. The molecule has 1 aromatic heterocycles. The van der Waals surface area contributed by atoms with Gasteiger partial charge in [0.15, 0.2) is 5.79 Å². The van der Waals surface area contributed by atoms with Crippen LogP contribution in [0.15, 0.2) is 12.1 Å². The minimum Gasteiger partial charge on any atom is -0.347 e. The molecule has 110 valence electrons. The summed E-state index contributed by atoms with van der Waals surface area (Å²) < 4.78 is 12.1. The van der Waals surface area contributed by atoms with Crippen LogP contribution in [0.2, 0.25) is 4.34 Å². The highest BCUT2D eigenvalue weighted by Gasteiger charge is 2.42. The highest BCUT2D eigenvalue weighted by molar-refractivity contribution is 7.17. The minimum atomic E-state index is -0.536. The van der Waals surface area contributed by atoms with E-state index in [1.165, 1.54) is 11.3 Å². The predicted molar refractivity (Wildman–Crippen MR) is 78.3 cm³/mol. The number of piperidine rings is 1. The maximum Gasteiger partial charge on any atom is 0.263 e. The first-order valence-corrected chi connectivity index (χ1v) is 8.10. The van der Waals surface area contributed by atoms with Crippen LogP contribution in [0.3, 0.4) is 0 Å². The molecule has 3 heterocycles. The Morgan fingerprint density at radius 1 is 1.45 bits per heavy atom. The van der Waals surface area contributed by atoms with Gasteiger partial charge in [0.05, 0.1) is 22.4 Å². The average molecular weight is 316 g/mol. The summed E-state index contributed by atoms with van der Waals surface area (Å²) in [6, 6.07) is 3.56. The largest absolute Gasteiger partial charge is 0.347 e. The molecule has 4 nitrogen and oxygen atoms in total. The van der Waals surface area contributed by atoms with Gasteiger partial charge in [-0.25, -0.2) is 0 Å². The van der Waals surface area contributed by atoms with E-state index in [9.17, 15) is 4.79 Å². The molecule has 1 amide bonds. The molecule has 2 fully saturated rings. The first-order chi connectivity index (χ1) is 9.58. The van der Waals surface area contributed by atoms with E-state index in [-0.39, 0.29) is 11.8 Å². The second-order valence-corrected chi connectivity index (χ2v) is 7.12. The van der Waals surface area contributed by atoms with E-state index in [1.54, 1.807) is 12.1 Å². The van der Waals surface area contributed by atoms with Gasteiger partial charge < -0.3 is 14.4 Å². The second kappa shape index (κ2) is 5.64. The van der Waals surface area contributed by atoms with Crippen molar-refractivity contribution in [2.75, 3.05) is 26.3 Å². The minimum absolute atomic E-state index is 0.0631. The standard InChI is InChI=1S/C14H18ClNO3S/c1-14(18-7-8-19-14)10-3-2-6-16(9-10)13(17)11-4-5-12(15)20-11/h4-5,10H,2-3,6-9H2,1H3. The molecule has 1 unspecified atom stereocenters. The molecular weight excluding hydrogens is 298 g/mol. The van der Waals surface area contributed by atoms with Gasteiger partial charge in [0.2, 0.25) is 0 Å². The number of likely N-dealkylation sites (tertiary alicyclic amines) is 1. The number of thiophene rings is 1. The summed E-state index contributed by atoms with van der Waals surface area (Å²) in [6.07, 6.45) is 2.02. The molecule has 0 radical (unpaired) electrons. The fraction of sp³-hybridized carbons (Fsp3) is 0.643. The van der Waals surface area contributed by atoms with Crippen molar-refractivity contribution in [3.63, 3.8) is 0 Å². The van der Waals surface area contributed by atoms with Crippen molar-refractivity contribution in [3.05, 3.63) is 21.3 Å². The smallest absolute Gasteiger partial charge is 0.263 e. The Morgan fingerprint density at radius 3 is 2.85 bits per heavy atom. The Kier molecular flexibility index (Phi) is 4.04. The lowest BCUT2D eigenvalue weighted by Crippen LogP contribution is -2.48. The maximum absolute atomic E-state index is 12.5. The Hall–Kier alpha value is -0.620. The van der Waals surface area contributed by atoms with Gasteiger partial charge in [-0.15, -0.1) is 11.3 Å². The van der Waals surface area contributed by atoms with Crippen molar-refractivity contribution < 1.29 is 14.3 Å². The summed E-state index contributed by atoms with van der Waals surface area (Å²) in [6.45, 7) is 4.75. The Morgan fingerprint density at radius 2 is 2.20 bits per heavy atom. The molecule has 0 bridgehead atoms. The lowest BCUT2D eigenvalue weighted by Gasteiger charge is -2.39. The number of hydrogen-bond donors (Lipinski definition) is 0. The van der Waals surface area contributed by atoms with Gasteiger partial charge in [-0.2, -0.15) is 0 Å². The number of amides is 1. The van der Waals surface area contributed by atoms with E-state index in [1.807, 2.05) is 11.8 Å². The summed E-state index contributed by atoms with van der Waals surface area (Å²) in [7, 11) is 0. The number of ether oxygens (including phenoxy) is 2. The summed E-state index contributed by atoms with van der Waals surface area (Å²) >= 11 is 7.24. The van der Waals surface area contributed by atoms with Crippen molar-refractivity contribution in [2.24, 2.45) is 5.92 Å². The molecule has 1 atom stereocenters. The van der Waals surface area contributed by atoms with Gasteiger partial charge in [0.25, 0.3) is 5.91 Å². The van der Waals surface area contributed by atoms with Gasteiger partial charge in [0, 0.05) is 19.0 Å². The van der Waals surface area contributed by atoms with Crippen LogP contribution in [0, 0.1) is 5.92 Å². The molecule has 2 aliphatic heterocycles. The third-order valence-corrected chi connectivity index (χ3v) is 5.31. The van der Waals surface area contributed by atoms with Crippen LogP contribution in [0.25, 0.3) is 0 Å². The zero-order valence-electron chi connectivity index (χ0n) is 11.4. The number of carbonyl (C=O) groups is 1. The van der Waals surface area contributed by atoms with Crippen molar-refractivity contribution in [3.8, 4) is 0 Å². The zero-order chi connectivity index (χ0) is 14.2. The van der Waals surface area contributed by atoms with E-state index in [0.29, 0.717) is 29.0 Å². The molecule has 6 heteroatoms. The summed E-state index contributed by atoms with van der Waals surface area (Å²) in [5, 5.41) is 0. The molecule has 1 aromatic rings. The molecule has 2 saturated heterocycles. The molecule has 3 rings (SSSR count). The monoisotopic (exact) mass is 315 g/mol. The van der Waals surface area contributed by atoms with E-state index in [4.69, 9.17) is 21.1 Å². The van der Waals surface area contributed by atoms with Crippen molar-refractivity contribution in [1.82, 2.24) is 4.90 Å². The highest BCUT2D eigenvalue weighted by atomic mass is 35.5. The van der Waals surface area contributed by atoms with Crippen molar-refractivity contribution in [1.29, 1.82) is 0 Å². The number of rotatable bonds is 2. The Labute approximate surface area is 127 Å². The molecule has 0 spiro atoms. The topological polar surface area (TPSA) is 38.8 Å². The van der Waals surface area contributed by atoms with E-state index in [0.717, 1.165) is 19.4 Å². The van der Waals surface area contributed by atoms with Gasteiger partial charge >= 0.3 is 0 Å². The van der Waals surface area contributed by atoms with E-state index in [2.05, 4.69) is 0 Å². The maximum atomic E-state index is 12.5. The lowest BCUT2D eigenvalue weighted by atomic mass is 9.90.